The molecule has 2 heterocycles. The van der Waals surface area contributed by atoms with Gasteiger partial charge in [0.15, 0.2) is 5.76 Å². The second-order valence-corrected chi connectivity index (χ2v) is 5.20. The summed E-state index contributed by atoms with van der Waals surface area (Å²) in [4.78, 5) is 24.7. The average Bonchev–Trinajstić information content (AvgIpc) is 2.68. The number of hydrogen-bond donors (Lipinski definition) is 1. The number of aryl methyl sites for hydroxylation is 2. The number of nitrogens with zero attached hydrogens (tertiary/aromatic N) is 1. The minimum Gasteiger partial charge on any atom is -0.481 e. The lowest BCUT2D eigenvalue weighted by atomic mass is 9.93. The fourth-order valence-corrected chi connectivity index (χ4v) is 2.58. The summed E-state index contributed by atoms with van der Waals surface area (Å²) in [7, 11) is 0. The fraction of sp³-hybridized carbons (Fsp3) is 0.571. The molecule has 0 spiro atoms. The van der Waals surface area contributed by atoms with E-state index in [1.165, 1.54) is 0 Å². The monoisotopic (exact) mass is 265 g/mol. The predicted molar refractivity (Wildman–Crippen MR) is 69.1 cm³/mol. The van der Waals surface area contributed by atoms with Crippen molar-refractivity contribution in [2.75, 3.05) is 13.1 Å². The van der Waals surface area contributed by atoms with Gasteiger partial charge in [0.25, 0.3) is 5.91 Å². The standard InChI is InChI=1S/C14H19NO4/c1-9-7-10(2)19-13(9)14(18)15-5-3-11(4-6-15)8-12(16)17/h7,11H,3-6,8H2,1-2H3,(H,16,17). The third-order valence-corrected chi connectivity index (χ3v) is 3.60. The van der Waals surface area contributed by atoms with Gasteiger partial charge in [0.1, 0.15) is 5.76 Å². The van der Waals surface area contributed by atoms with E-state index >= 15 is 0 Å². The van der Waals surface area contributed by atoms with Crippen molar-refractivity contribution in [3.8, 4) is 0 Å². The number of aliphatic carboxylic acids is 1. The van der Waals surface area contributed by atoms with Crippen LogP contribution in [0, 0.1) is 19.8 Å². The Kier molecular flexibility index (Phi) is 3.93. The van der Waals surface area contributed by atoms with Crippen LogP contribution in [0.3, 0.4) is 0 Å². The zero-order valence-electron chi connectivity index (χ0n) is 11.3. The van der Waals surface area contributed by atoms with E-state index in [1.807, 2.05) is 19.9 Å². The van der Waals surface area contributed by atoms with Gasteiger partial charge in [0.05, 0.1) is 0 Å². The van der Waals surface area contributed by atoms with E-state index in [1.54, 1.807) is 4.90 Å². The maximum absolute atomic E-state index is 12.3. The van der Waals surface area contributed by atoms with Crippen LogP contribution >= 0.6 is 0 Å². The lowest BCUT2D eigenvalue weighted by Gasteiger charge is -2.30. The van der Waals surface area contributed by atoms with Gasteiger partial charge >= 0.3 is 5.97 Å². The van der Waals surface area contributed by atoms with Crippen LogP contribution in [0.2, 0.25) is 0 Å². The van der Waals surface area contributed by atoms with Crippen molar-refractivity contribution in [1.29, 1.82) is 0 Å². The fourth-order valence-electron chi connectivity index (χ4n) is 2.58. The smallest absolute Gasteiger partial charge is 0.303 e. The van der Waals surface area contributed by atoms with E-state index in [9.17, 15) is 9.59 Å². The van der Waals surface area contributed by atoms with Crippen molar-refractivity contribution >= 4 is 11.9 Å². The van der Waals surface area contributed by atoms with Crippen molar-refractivity contribution in [3.05, 3.63) is 23.2 Å². The Morgan fingerprint density at radius 2 is 2.00 bits per heavy atom. The molecule has 0 atom stereocenters. The van der Waals surface area contributed by atoms with Crippen molar-refractivity contribution in [2.45, 2.75) is 33.1 Å². The van der Waals surface area contributed by atoms with Crippen LogP contribution in [-0.4, -0.2) is 35.0 Å². The lowest BCUT2D eigenvalue weighted by molar-refractivity contribution is -0.138. The van der Waals surface area contributed by atoms with E-state index in [0.717, 1.165) is 24.2 Å². The molecule has 1 aromatic heterocycles. The molecule has 1 fully saturated rings. The number of piperidine rings is 1. The maximum Gasteiger partial charge on any atom is 0.303 e. The first-order chi connectivity index (χ1) is 8.97. The number of carboxylic acid groups (broad SMARTS) is 1. The van der Waals surface area contributed by atoms with Gasteiger partial charge in [-0.15, -0.1) is 0 Å². The Hall–Kier alpha value is -1.78. The molecule has 0 aliphatic carbocycles. The molecule has 1 saturated heterocycles. The molecule has 0 unspecified atom stereocenters. The summed E-state index contributed by atoms with van der Waals surface area (Å²) in [6, 6.07) is 1.85. The van der Waals surface area contributed by atoms with Gasteiger partial charge in [-0.1, -0.05) is 0 Å². The molecule has 0 radical (unpaired) electrons. The Balaban J connectivity index is 1.96. The summed E-state index contributed by atoms with van der Waals surface area (Å²) in [5.74, 6) is 0.485. The maximum atomic E-state index is 12.3. The average molecular weight is 265 g/mol. The topological polar surface area (TPSA) is 70.8 Å². The molecule has 2 rings (SSSR count). The van der Waals surface area contributed by atoms with E-state index in [-0.39, 0.29) is 18.2 Å². The molecular formula is C14H19NO4. The van der Waals surface area contributed by atoms with Crippen LogP contribution in [0.25, 0.3) is 0 Å². The molecule has 0 aromatic carbocycles. The minimum atomic E-state index is -0.762. The number of carbonyl (C=O) groups is 2. The van der Waals surface area contributed by atoms with Gasteiger partial charge in [0, 0.05) is 25.1 Å². The summed E-state index contributed by atoms with van der Waals surface area (Å²) < 4.78 is 5.44. The number of rotatable bonds is 3. The van der Waals surface area contributed by atoms with Crippen molar-refractivity contribution in [3.63, 3.8) is 0 Å². The van der Waals surface area contributed by atoms with Crippen LogP contribution in [0.15, 0.2) is 10.5 Å². The lowest BCUT2D eigenvalue weighted by Crippen LogP contribution is -2.39. The van der Waals surface area contributed by atoms with Gasteiger partial charge in [0.2, 0.25) is 0 Å². The Morgan fingerprint density at radius 3 is 2.47 bits per heavy atom. The predicted octanol–water partition coefficient (Wildman–Crippen LogP) is 2.22. The number of furan rings is 1. The Morgan fingerprint density at radius 1 is 1.37 bits per heavy atom. The molecule has 1 aromatic rings. The normalized spacial score (nSPS) is 16.6. The SMILES string of the molecule is Cc1cc(C)c(C(=O)N2CCC(CC(=O)O)CC2)o1. The van der Waals surface area contributed by atoms with Crippen LogP contribution < -0.4 is 0 Å². The van der Waals surface area contributed by atoms with E-state index in [4.69, 9.17) is 9.52 Å². The first-order valence-electron chi connectivity index (χ1n) is 6.55. The number of carboxylic acids is 1. The van der Waals surface area contributed by atoms with E-state index in [2.05, 4.69) is 0 Å². The summed E-state index contributed by atoms with van der Waals surface area (Å²) in [6.07, 6.45) is 1.69. The Labute approximate surface area is 112 Å². The molecule has 19 heavy (non-hydrogen) atoms. The molecule has 104 valence electrons. The molecule has 1 N–H and O–H groups in total. The van der Waals surface area contributed by atoms with Crippen molar-refractivity contribution in [2.24, 2.45) is 5.92 Å². The Bertz CT molecular complexity index is 484. The van der Waals surface area contributed by atoms with E-state index < -0.39 is 5.97 Å². The van der Waals surface area contributed by atoms with Crippen LogP contribution in [0.4, 0.5) is 0 Å². The van der Waals surface area contributed by atoms with Gasteiger partial charge in [-0.3, -0.25) is 9.59 Å². The molecule has 1 amide bonds. The number of likely N-dealkylation sites (tertiary alicyclic amines) is 1. The van der Waals surface area contributed by atoms with Crippen molar-refractivity contribution in [1.82, 2.24) is 4.90 Å². The number of hydrogen-bond acceptors (Lipinski definition) is 3. The van der Waals surface area contributed by atoms with Gasteiger partial charge in [-0.25, -0.2) is 0 Å². The second kappa shape index (κ2) is 5.47. The molecule has 1 aliphatic rings. The summed E-state index contributed by atoms with van der Waals surface area (Å²) in [6.45, 7) is 4.90. The molecule has 5 nitrogen and oxygen atoms in total. The third-order valence-electron chi connectivity index (χ3n) is 3.60. The first kappa shape index (κ1) is 13.6. The zero-order chi connectivity index (χ0) is 14.0. The minimum absolute atomic E-state index is 0.0839. The van der Waals surface area contributed by atoms with Crippen molar-refractivity contribution < 1.29 is 19.1 Å². The van der Waals surface area contributed by atoms with E-state index in [0.29, 0.717) is 18.8 Å². The highest BCUT2D eigenvalue weighted by Crippen LogP contribution is 2.23. The third kappa shape index (κ3) is 3.16. The molecule has 0 saturated carbocycles. The summed E-state index contributed by atoms with van der Waals surface area (Å²) in [5.41, 5.74) is 0.857. The van der Waals surface area contributed by atoms with Crippen LogP contribution in [0.5, 0.6) is 0 Å². The molecule has 1 aliphatic heterocycles. The van der Waals surface area contributed by atoms with Crippen LogP contribution in [0.1, 0.15) is 41.1 Å². The van der Waals surface area contributed by atoms with Crippen LogP contribution in [-0.2, 0) is 4.79 Å². The highest BCUT2D eigenvalue weighted by molar-refractivity contribution is 5.93. The molecule has 5 heteroatoms. The highest BCUT2D eigenvalue weighted by Gasteiger charge is 2.27. The quantitative estimate of drug-likeness (QED) is 0.909. The summed E-state index contributed by atoms with van der Waals surface area (Å²) >= 11 is 0. The number of amides is 1. The summed E-state index contributed by atoms with van der Waals surface area (Å²) in [5, 5.41) is 8.76. The second-order valence-electron chi connectivity index (χ2n) is 5.20. The highest BCUT2D eigenvalue weighted by atomic mass is 16.4. The first-order valence-corrected chi connectivity index (χ1v) is 6.55. The molecular weight excluding hydrogens is 246 g/mol. The number of carbonyl (C=O) groups excluding carboxylic acids is 1. The van der Waals surface area contributed by atoms with Gasteiger partial charge in [-0.2, -0.15) is 0 Å². The van der Waals surface area contributed by atoms with Gasteiger partial charge in [-0.05, 0) is 38.7 Å². The molecule has 0 bridgehead atoms. The van der Waals surface area contributed by atoms with Gasteiger partial charge < -0.3 is 14.4 Å². The zero-order valence-corrected chi connectivity index (χ0v) is 11.3. The largest absolute Gasteiger partial charge is 0.481 e.